The van der Waals surface area contributed by atoms with Gasteiger partial charge in [-0.1, -0.05) is 29.8 Å². The minimum atomic E-state index is -3.71. The van der Waals surface area contributed by atoms with Crippen molar-refractivity contribution in [2.75, 3.05) is 22.4 Å². The van der Waals surface area contributed by atoms with Crippen molar-refractivity contribution in [2.24, 2.45) is 5.10 Å². The van der Waals surface area contributed by atoms with Gasteiger partial charge in [-0.25, -0.2) is 13.8 Å². The summed E-state index contributed by atoms with van der Waals surface area (Å²) in [6.45, 7) is 2.63. The molecule has 0 bridgehead atoms. The molecule has 2 amide bonds. The zero-order valence-corrected chi connectivity index (χ0v) is 17.7. The highest BCUT2D eigenvalue weighted by Gasteiger charge is 2.21. The molecule has 0 atom stereocenters. The maximum atomic E-state index is 12.3. The zero-order chi connectivity index (χ0) is 21.6. The van der Waals surface area contributed by atoms with Crippen LogP contribution in [-0.2, 0) is 19.6 Å². The Morgan fingerprint density at radius 2 is 1.79 bits per heavy atom. The van der Waals surface area contributed by atoms with Crippen molar-refractivity contribution in [2.45, 2.75) is 13.8 Å². The van der Waals surface area contributed by atoms with E-state index in [1.807, 2.05) is 0 Å². The van der Waals surface area contributed by atoms with Gasteiger partial charge in [0, 0.05) is 17.6 Å². The van der Waals surface area contributed by atoms with Gasteiger partial charge in [0.25, 0.3) is 5.91 Å². The average molecular weight is 437 g/mol. The summed E-state index contributed by atoms with van der Waals surface area (Å²) in [6.07, 6.45) is 1.00. The first-order chi connectivity index (χ1) is 13.6. The van der Waals surface area contributed by atoms with E-state index in [-0.39, 0.29) is 11.6 Å². The van der Waals surface area contributed by atoms with Gasteiger partial charge in [0.05, 0.1) is 17.7 Å². The number of sulfonamides is 1. The van der Waals surface area contributed by atoms with E-state index in [1.54, 1.807) is 49.4 Å². The third kappa shape index (κ3) is 6.88. The van der Waals surface area contributed by atoms with Gasteiger partial charge in [-0.2, -0.15) is 5.10 Å². The highest BCUT2D eigenvalue weighted by molar-refractivity contribution is 7.92. The van der Waals surface area contributed by atoms with Gasteiger partial charge < -0.3 is 5.32 Å². The van der Waals surface area contributed by atoms with Crippen LogP contribution in [0, 0.1) is 0 Å². The Morgan fingerprint density at radius 1 is 1.10 bits per heavy atom. The number of amides is 2. The van der Waals surface area contributed by atoms with Crippen LogP contribution in [0.25, 0.3) is 0 Å². The number of benzene rings is 2. The number of nitrogens with one attached hydrogen (secondary N) is 2. The lowest BCUT2D eigenvalue weighted by Crippen LogP contribution is -2.39. The molecular weight excluding hydrogens is 416 g/mol. The standard InChI is InChI=1S/C19H21ClN4O4S/c1-13(15-6-4-8-17(10-15)21-14(2)25)22-23-19(26)12-24(29(3,27)28)18-9-5-7-16(20)11-18/h4-11H,12H2,1-3H3,(H,21,25)(H,23,26)/b22-13-. The van der Waals surface area contributed by atoms with Crippen LogP contribution in [0.1, 0.15) is 19.4 Å². The van der Waals surface area contributed by atoms with Crippen molar-refractivity contribution in [3.05, 3.63) is 59.1 Å². The Kier molecular flexibility index (Phi) is 7.35. The summed E-state index contributed by atoms with van der Waals surface area (Å²) in [6, 6.07) is 13.1. The second kappa shape index (κ2) is 9.53. The predicted molar refractivity (Wildman–Crippen MR) is 115 cm³/mol. The van der Waals surface area contributed by atoms with Crippen molar-refractivity contribution in [1.29, 1.82) is 0 Å². The molecule has 0 aromatic heterocycles. The van der Waals surface area contributed by atoms with Crippen LogP contribution in [-0.4, -0.2) is 38.7 Å². The Hall–Kier alpha value is -2.91. The first-order valence-corrected chi connectivity index (χ1v) is 10.7. The second-order valence-electron chi connectivity index (χ2n) is 6.24. The highest BCUT2D eigenvalue weighted by atomic mass is 35.5. The lowest BCUT2D eigenvalue weighted by molar-refractivity contribution is -0.119. The summed E-state index contributed by atoms with van der Waals surface area (Å²) in [5, 5.41) is 7.03. The summed E-state index contributed by atoms with van der Waals surface area (Å²) in [4.78, 5) is 23.5. The van der Waals surface area contributed by atoms with Gasteiger partial charge in [0.2, 0.25) is 15.9 Å². The Morgan fingerprint density at radius 3 is 2.41 bits per heavy atom. The van der Waals surface area contributed by atoms with E-state index in [2.05, 4.69) is 15.8 Å². The van der Waals surface area contributed by atoms with Crippen LogP contribution in [0.4, 0.5) is 11.4 Å². The lowest BCUT2D eigenvalue weighted by Gasteiger charge is -2.21. The number of halogens is 1. The average Bonchev–Trinajstić information content (AvgIpc) is 2.63. The maximum Gasteiger partial charge on any atom is 0.260 e. The van der Waals surface area contributed by atoms with Crippen molar-refractivity contribution >= 4 is 50.5 Å². The Bertz CT molecular complexity index is 1050. The van der Waals surface area contributed by atoms with Crippen LogP contribution in [0.2, 0.25) is 5.02 Å². The Labute approximate surface area is 174 Å². The monoisotopic (exact) mass is 436 g/mol. The van der Waals surface area contributed by atoms with E-state index in [0.717, 1.165) is 10.6 Å². The first-order valence-electron chi connectivity index (χ1n) is 8.50. The molecule has 2 aromatic carbocycles. The fraction of sp³-hybridized carbons (Fsp3) is 0.211. The molecule has 0 radical (unpaired) electrons. The predicted octanol–water partition coefficient (Wildman–Crippen LogP) is 2.60. The van der Waals surface area contributed by atoms with E-state index in [0.29, 0.717) is 22.0 Å². The summed E-state index contributed by atoms with van der Waals surface area (Å²) in [7, 11) is -3.71. The molecule has 0 spiro atoms. The van der Waals surface area contributed by atoms with Crippen molar-refractivity contribution < 1.29 is 18.0 Å². The molecule has 0 saturated heterocycles. The lowest BCUT2D eigenvalue weighted by atomic mass is 10.1. The van der Waals surface area contributed by atoms with Gasteiger partial charge in [-0.05, 0) is 42.8 Å². The Balaban J connectivity index is 2.13. The molecular formula is C19H21ClN4O4S. The largest absolute Gasteiger partial charge is 0.326 e. The number of rotatable bonds is 7. The minimum Gasteiger partial charge on any atom is -0.326 e. The molecule has 10 heteroatoms. The number of hydrogen-bond acceptors (Lipinski definition) is 5. The SMILES string of the molecule is CC(=O)Nc1cccc(/C(C)=N\NC(=O)CN(c2cccc(Cl)c2)S(C)(=O)=O)c1. The quantitative estimate of drug-likeness (QED) is 0.513. The summed E-state index contributed by atoms with van der Waals surface area (Å²) < 4.78 is 25.1. The van der Waals surface area contributed by atoms with E-state index in [9.17, 15) is 18.0 Å². The molecule has 0 saturated carbocycles. The van der Waals surface area contributed by atoms with Gasteiger partial charge in [-0.3, -0.25) is 13.9 Å². The molecule has 0 fully saturated rings. The number of hydrogen-bond donors (Lipinski definition) is 2. The topological polar surface area (TPSA) is 108 Å². The minimum absolute atomic E-state index is 0.202. The molecule has 0 aliphatic carbocycles. The summed E-state index contributed by atoms with van der Waals surface area (Å²) >= 11 is 5.92. The van der Waals surface area contributed by atoms with Crippen LogP contribution >= 0.6 is 11.6 Å². The summed E-state index contributed by atoms with van der Waals surface area (Å²) in [5.74, 6) is -0.820. The molecule has 2 rings (SSSR count). The second-order valence-corrected chi connectivity index (χ2v) is 8.59. The van der Waals surface area contributed by atoms with Crippen LogP contribution in [0.15, 0.2) is 53.6 Å². The van der Waals surface area contributed by atoms with E-state index >= 15 is 0 Å². The molecule has 154 valence electrons. The van der Waals surface area contributed by atoms with Crippen molar-refractivity contribution in [1.82, 2.24) is 5.43 Å². The molecule has 2 N–H and O–H groups in total. The maximum absolute atomic E-state index is 12.3. The van der Waals surface area contributed by atoms with E-state index < -0.39 is 22.5 Å². The van der Waals surface area contributed by atoms with Gasteiger partial charge in [0.15, 0.2) is 0 Å². The molecule has 0 heterocycles. The molecule has 0 unspecified atom stereocenters. The van der Waals surface area contributed by atoms with Gasteiger partial charge >= 0.3 is 0 Å². The number of hydrazone groups is 1. The third-order valence-corrected chi connectivity index (χ3v) is 5.11. The molecule has 0 aliphatic heterocycles. The number of carbonyl (C=O) groups excluding carboxylic acids is 2. The van der Waals surface area contributed by atoms with Crippen LogP contribution in [0.5, 0.6) is 0 Å². The molecule has 0 aliphatic rings. The molecule has 2 aromatic rings. The fourth-order valence-electron chi connectivity index (χ4n) is 2.43. The fourth-order valence-corrected chi connectivity index (χ4v) is 3.47. The number of anilines is 2. The van der Waals surface area contributed by atoms with Crippen molar-refractivity contribution in [3.8, 4) is 0 Å². The highest BCUT2D eigenvalue weighted by Crippen LogP contribution is 2.21. The smallest absolute Gasteiger partial charge is 0.260 e. The first kappa shape index (κ1) is 22.4. The van der Waals surface area contributed by atoms with E-state index in [4.69, 9.17) is 11.6 Å². The molecule has 29 heavy (non-hydrogen) atoms. The number of carbonyl (C=O) groups is 2. The van der Waals surface area contributed by atoms with Crippen LogP contribution in [0.3, 0.4) is 0 Å². The summed E-state index contributed by atoms with van der Waals surface area (Å²) in [5.41, 5.74) is 4.40. The van der Waals surface area contributed by atoms with Crippen LogP contribution < -0.4 is 15.0 Å². The molecule has 8 nitrogen and oxygen atoms in total. The van der Waals surface area contributed by atoms with Gasteiger partial charge in [-0.15, -0.1) is 0 Å². The van der Waals surface area contributed by atoms with Crippen molar-refractivity contribution in [3.63, 3.8) is 0 Å². The normalized spacial score (nSPS) is 11.7. The third-order valence-electron chi connectivity index (χ3n) is 3.73. The van der Waals surface area contributed by atoms with Gasteiger partial charge in [0.1, 0.15) is 6.54 Å². The van der Waals surface area contributed by atoms with E-state index in [1.165, 1.54) is 13.0 Å². The zero-order valence-electron chi connectivity index (χ0n) is 16.1. The number of nitrogens with zero attached hydrogens (tertiary/aromatic N) is 2.